The molecule has 2 N–H and O–H groups in total. The Kier molecular flexibility index (Phi) is 6.71. The number of methoxy groups -OCH3 is 1. The third kappa shape index (κ3) is 5.49. The lowest BCUT2D eigenvalue weighted by atomic mass is 10.2. The van der Waals surface area contributed by atoms with Gasteiger partial charge in [-0.15, -0.1) is 0 Å². The summed E-state index contributed by atoms with van der Waals surface area (Å²) in [5, 5.41) is 5.94. The van der Waals surface area contributed by atoms with Gasteiger partial charge in [0.15, 0.2) is 0 Å². The molecule has 0 saturated heterocycles. The number of furan rings is 1. The number of hydrogen-bond donors (Lipinski definition) is 2. The van der Waals surface area contributed by atoms with Crippen LogP contribution in [0, 0.1) is 0 Å². The predicted molar refractivity (Wildman–Crippen MR) is 110 cm³/mol. The van der Waals surface area contributed by atoms with Crippen molar-refractivity contribution in [3.8, 4) is 5.75 Å². The number of amides is 2. The second-order valence-corrected chi connectivity index (χ2v) is 6.44. The van der Waals surface area contributed by atoms with Crippen LogP contribution < -0.4 is 15.4 Å². The molecular weight excluding hydrogens is 392 g/mol. The predicted octanol–water partition coefficient (Wildman–Crippen LogP) is 4.03. The molecule has 0 aliphatic rings. The Morgan fingerprint density at radius 2 is 1.83 bits per heavy atom. The Bertz CT molecular complexity index is 1010. The minimum absolute atomic E-state index is 0.0489. The van der Waals surface area contributed by atoms with Crippen LogP contribution >= 0.6 is 11.6 Å². The van der Waals surface area contributed by atoms with Crippen molar-refractivity contribution in [2.45, 2.75) is 6.54 Å². The number of ether oxygens (including phenoxy) is 1. The van der Waals surface area contributed by atoms with Crippen molar-refractivity contribution in [1.29, 1.82) is 0 Å². The van der Waals surface area contributed by atoms with E-state index in [-0.39, 0.29) is 12.2 Å². The first kappa shape index (κ1) is 20.2. The molecule has 0 bridgehead atoms. The zero-order chi connectivity index (χ0) is 20.6. The highest BCUT2D eigenvalue weighted by Gasteiger charge is 2.16. The number of carbonyl (C=O) groups is 2. The van der Waals surface area contributed by atoms with Crippen molar-refractivity contribution >= 4 is 29.5 Å². The average Bonchev–Trinajstić information content (AvgIpc) is 3.25. The van der Waals surface area contributed by atoms with E-state index in [1.54, 1.807) is 49.6 Å². The molecular formula is C22H19ClN2O4. The number of nitrogens with one attached hydrogen (secondary N) is 2. The minimum atomic E-state index is -0.469. The molecule has 3 aromatic rings. The highest BCUT2D eigenvalue weighted by Crippen LogP contribution is 2.15. The number of hydrogen-bond acceptors (Lipinski definition) is 4. The molecule has 0 fully saturated rings. The number of rotatable bonds is 7. The summed E-state index contributed by atoms with van der Waals surface area (Å²) in [7, 11) is 1.54. The van der Waals surface area contributed by atoms with Crippen LogP contribution in [-0.2, 0) is 11.3 Å². The Morgan fingerprint density at radius 1 is 1.07 bits per heavy atom. The Hall–Kier alpha value is -3.51. The lowest BCUT2D eigenvalue weighted by molar-refractivity contribution is -0.117. The standard InChI is InChI=1S/C22H19ClN2O4/c1-28-17-10-8-15(9-11-17)21(26)25-20(13-18-6-4-12-29-18)22(27)24-14-16-5-2-3-7-19(16)23/h2-13H,14H2,1H3,(H,24,27)(H,25,26)/b20-13-. The van der Waals surface area contributed by atoms with Crippen molar-refractivity contribution in [3.05, 3.63) is 94.5 Å². The summed E-state index contributed by atoms with van der Waals surface area (Å²) in [5.41, 5.74) is 1.20. The zero-order valence-electron chi connectivity index (χ0n) is 15.6. The number of benzene rings is 2. The summed E-state index contributed by atoms with van der Waals surface area (Å²) in [5.74, 6) is 0.162. The molecule has 6 nitrogen and oxygen atoms in total. The fraction of sp³-hybridized carbons (Fsp3) is 0.0909. The fourth-order valence-corrected chi connectivity index (χ4v) is 2.73. The highest BCUT2D eigenvalue weighted by atomic mass is 35.5. The van der Waals surface area contributed by atoms with E-state index in [4.69, 9.17) is 20.8 Å². The van der Waals surface area contributed by atoms with E-state index in [9.17, 15) is 9.59 Å². The van der Waals surface area contributed by atoms with E-state index in [2.05, 4.69) is 10.6 Å². The fourth-order valence-electron chi connectivity index (χ4n) is 2.52. The summed E-state index contributed by atoms with van der Waals surface area (Å²) in [6.45, 7) is 0.215. The molecule has 0 unspecified atom stereocenters. The summed E-state index contributed by atoms with van der Waals surface area (Å²) >= 11 is 6.13. The van der Waals surface area contributed by atoms with Crippen LogP contribution in [0.2, 0.25) is 5.02 Å². The third-order valence-electron chi connectivity index (χ3n) is 4.07. The molecule has 0 spiro atoms. The van der Waals surface area contributed by atoms with Gasteiger partial charge in [0.05, 0.1) is 13.4 Å². The first-order valence-corrected chi connectivity index (χ1v) is 9.17. The van der Waals surface area contributed by atoms with E-state index >= 15 is 0 Å². The summed E-state index contributed by atoms with van der Waals surface area (Å²) < 4.78 is 10.4. The van der Waals surface area contributed by atoms with Gasteiger partial charge >= 0.3 is 0 Å². The van der Waals surface area contributed by atoms with E-state index in [0.29, 0.717) is 22.1 Å². The van der Waals surface area contributed by atoms with Crippen LogP contribution in [0.4, 0.5) is 0 Å². The SMILES string of the molecule is COc1ccc(C(=O)N/C(=C\c2ccco2)C(=O)NCc2ccccc2Cl)cc1. The van der Waals surface area contributed by atoms with E-state index in [1.807, 2.05) is 18.2 Å². The molecule has 7 heteroatoms. The molecule has 2 amide bonds. The van der Waals surface area contributed by atoms with Crippen LogP contribution in [0.5, 0.6) is 5.75 Å². The second-order valence-electron chi connectivity index (χ2n) is 6.03. The summed E-state index contributed by atoms with van der Waals surface area (Å²) in [6, 6.07) is 17.1. The Morgan fingerprint density at radius 3 is 2.48 bits per heavy atom. The maximum Gasteiger partial charge on any atom is 0.268 e. The van der Waals surface area contributed by atoms with Crippen molar-refractivity contribution in [3.63, 3.8) is 0 Å². The van der Waals surface area contributed by atoms with Crippen LogP contribution in [0.3, 0.4) is 0 Å². The maximum atomic E-state index is 12.7. The molecule has 0 saturated carbocycles. The van der Waals surface area contributed by atoms with E-state index in [0.717, 1.165) is 5.56 Å². The van der Waals surface area contributed by atoms with Gasteiger partial charge in [-0.1, -0.05) is 29.8 Å². The van der Waals surface area contributed by atoms with Gasteiger partial charge in [-0.3, -0.25) is 9.59 Å². The summed E-state index contributed by atoms with van der Waals surface area (Å²) in [6.07, 6.45) is 2.94. The quantitative estimate of drug-likeness (QED) is 0.576. The Balaban J connectivity index is 1.76. The van der Waals surface area contributed by atoms with Gasteiger partial charge in [-0.05, 0) is 48.0 Å². The van der Waals surface area contributed by atoms with Crippen molar-refractivity contribution < 1.29 is 18.7 Å². The number of halogens is 1. The van der Waals surface area contributed by atoms with Gasteiger partial charge in [0, 0.05) is 23.2 Å². The lowest BCUT2D eigenvalue weighted by Crippen LogP contribution is -2.34. The van der Waals surface area contributed by atoms with E-state index < -0.39 is 11.8 Å². The molecule has 29 heavy (non-hydrogen) atoms. The van der Waals surface area contributed by atoms with Gasteiger partial charge in [0.1, 0.15) is 17.2 Å². The van der Waals surface area contributed by atoms with Crippen molar-refractivity contribution in [2.24, 2.45) is 0 Å². The smallest absolute Gasteiger partial charge is 0.268 e. The van der Waals surface area contributed by atoms with Crippen molar-refractivity contribution in [2.75, 3.05) is 7.11 Å². The van der Waals surface area contributed by atoms with Crippen LogP contribution in [0.25, 0.3) is 6.08 Å². The summed E-state index contributed by atoms with van der Waals surface area (Å²) in [4.78, 5) is 25.3. The molecule has 2 aromatic carbocycles. The molecule has 1 heterocycles. The topological polar surface area (TPSA) is 80.6 Å². The zero-order valence-corrected chi connectivity index (χ0v) is 16.4. The minimum Gasteiger partial charge on any atom is -0.497 e. The van der Waals surface area contributed by atoms with Gasteiger partial charge in [0.2, 0.25) is 0 Å². The van der Waals surface area contributed by atoms with E-state index in [1.165, 1.54) is 12.3 Å². The molecule has 3 rings (SSSR count). The normalized spacial score (nSPS) is 11.0. The van der Waals surface area contributed by atoms with Gasteiger partial charge in [0.25, 0.3) is 11.8 Å². The largest absolute Gasteiger partial charge is 0.497 e. The Labute approximate surface area is 173 Å². The first-order valence-electron chi connectivity index (χ1n) is 8.79. The molecule has 0 aliphatic carbocycles. The molecule has 0 radical (unpaired) electrons. The lowest BCUT2D eigenvalue weighted by Gasteiger charge is -2.12. The second kappa shape index (κ2) is 9.61. The van der Waals surface area contributed by atoms with Crippen LogP contribution in [0.1, 0.15) is 21.7 Å². The third-order valence-corrected chi connectivity index (χ3v) is 4.44. The maximum absolute atomic E-state index is 12.7. The highest BCUT2D eigenvalue weighted by molar-refractivity contribution is 6.31. The number of carbonyl (C=O) groups excluding carboxylic acids is 2. The van der Waals surface area contributed by atoms with Gasteiger partial charge in [-0.2, -0.15) is 0 Å². The van der Waals surface area contributed by atoms with Crippen LogP contribution in [-0.4, -0.2) is 18.9 Å². The first-order chi connectivity index (χ1) is 14.1. The van der Waals surface area contributed by atoms with Gasteiger partial charge in [-0.25, -0.2) is 0 Å². The van der Waals surface area contributed by atoms with Crippen molar-refractivity contribution in [1.82, 2.24) is 10.6 Å². The van der Waals surface area contributed by atoms with Crippen LogP contribution in [0.15, 0.2) is 77.0 Å². The molecule has 148 valence electrons. The van der Waals surface area contributed by atoms with Gasteiger partial charge < -0.3 is 19.8 Å². The monoisotopic (exact) mass is 410 g/mol. The average molecular weight is 411 g/mol. The molecule has 1 aromatic heterocycles. The molecule has 0 atom stereocenters. The molecule has 0 aliphatic heterocycles.